The summed E-state index contributed by atoms with van der Waals surface area (Å²) in [6.07, 6.45) is 1.83. The second-order valence-electron chi connectivity index (χ2n) is 7.01. The van der Waals surface area contributed by atoms with Gasteiger partial charge in [-0.1, -0.05) is 30.3 Å². The van der Waals surface area contributed by atoms with Crippen molar-refractivity contribution in [2.24, 2.45) is 14.1 Å². The van der Waals surface area contributed by atoms with Crippen LogP contribution in [0, 0.1) is 0 Å². The van der Waals surface area contributed by atoms with E-state index in [2.05, 4.69) is 0 Å². The van der Waals surface area contributed by atoms with Crippen LogP contribution in [0.2, 0.25) is 0 Å². The first-order valence-electron chi connectivity index (χ1n) is 9.33. The van der Waals surface area contributed by atoms with Gasteiger partial charge in [0.1, 0.15) is 13.2 Å². The predicted molar refractivity (Wildman–Crippen MR) is 110 cm³/mol. The highest BCUT2D eigenvalue weighted by molar-refractivity contribution is 5.94. The lowest BCUT2D eigenvalue weighted by atomic mass is 10.1. The van der Waals surface area contributed by atoms with Crippen molar-refractivity contribution < 1.29 is 9.47 Å². The molecule has 146 valence electrons. The summed E-state index contributed by atoms with van der Waals surface area (Å²) in [5.74, 6) is 1.36. The monoisotopic (exact) mass is 389 g/mol. The van der Waals surface area contributed by atoms with Crippen LogP contribution < -0.4 is 20.7 Å². The van der Waals surface area contributed by atoms with Crippen LogP contribution in [0.3, 0.4) is 0 Å². The Labute approximate surface area is 166 Å². The zero-order valence-corrected chi connectivity index (χ0v) is 16.1. The van der Waals surface area contributed by atoms with Crippen molar-refractivity contribution >= 4 is 10.9 Å². The van der Waals surface area contributed by atoms with E-state index in [1.807, 2.05) is 59.3 Å². The summed E-state index contributed by atoms with van der Waals surface area (Å²) in [7, 11) is 3.17. The van der Waals surface area contributed by atoms with Crippen molar-refractivity contribution in [1.29, 1.82) is 0 Å². The van der Waals surface area contributed by atoms with Crippen molar-refractivity contribution in [2.75, 3.05) is 13.2 Å². The normalized spacial score (nSPS) is 13.0. The predicted octanol–water partition coefficient (Wildman–Crippen LogP) is 2.47. The van der Waals surface area contributed by atoms with E-state index in [4.69, 9.17) is 9.47 Å². The Balaban J connectivity index is 1.89. The highest BCUT2D eigenvalue weighted by Gasteiger charge is 2.21. The second-order valence-corrected chi connectivity index (χ2v) is 7.01. The quantitative estimate of drug-likeness (QED) is 0.528. The molecule has 0 N–H and O–H groups in total. The van der Waals surface area contributed by atoms with E-state index in [9.17, 15) is 9.59 Å². The largest absolute Gasteiger partial charge is 0.486 e. The first-order chi connectivity index (χ1) is 14.1. The number of nitrogens with zero attached hydrogens (tertiary/aromatic N) is 3. The van der Waals surface area contributed by atoms with Crippen LogP contribution in [-0.2, 0) is 14.1 Å². The molecule has 0 aliphatic carbocycles. The SMILES string of the molecule is Cn1c(=O)c2c(-c3ccccc3)n(-c3ccc4c(c3)OCCO4)cc2n(C)c1=O. The van der Waals surface area contributed by atoms with E-state index in [-0.39, 0.29) is 11.2 Å². The van der Waals surface area contributed by atoms with Crippen LogP contribution >= 0.6 is 0 Å². The van der Waals surface area contributed by atoms with E-state index in [0.717, 1.165) is 21.5 Å². The van der Waals surface area contributed by atoms with Gasteiger partial charge in [-0.25, -0.2) is 4.79 Å². The smallest absolute Gasteiger partial charge is 0.330 e. The molecule has 3 heterocycles. The molecule has 0 saturated carbocycles. The van der Waals surface area contributed by atoms with Gasteiger partial charge < -0.3 is 14.0 Å². The number of benzene rings is 2. The molecule has 0 unspecified atom stereocenters. The van der Waals surface area contributed by atoms with Crippen molar-refractivity contribution in [3.05, 3.63) is 75.6 Å². The number of rotatable bonds is 2. The molecule has 0 fully saturated rings. The molecule has 7 heteroatoms. The third-order valence-corrected chi connectivity index (χ3v) is 5.29. The number of hydrogen-bond donors (Lipinski definition) is 0. The highest BCUT2D eigenvalue weighted by atomic mass is 16.6. The number of aryl methyl sites for hydroxylation is 1. The molecule has 7 nitrogen and oxygen atoms in total. The fraction of sp³-hybridized carbons (Fsp3) is 0.182. The van der Waals surface area contributed by atoms with Crippen LogP contribution in [0.1, 0.15) is 0 Å². The summed E-state index contributed by atoms with van der Waals surface area (Å²) in [5.41, 5.74) is 2.33. The minimum atomic E-state index is -0.360. The Morgan fingerprint density at radius 1 is 0.862 bits per heavy atom. The minimum absolute atomic E-state index is 0.321. The molecule has 0 spiro atoms. The van der Waals surface area contributed by atoms with Gasteiger partial charge in [0, 0.05) is 32.0 Å². The van der Waals surface area contributed by atoms with Gasteiger partial charge in [-0.3, -0.25) is 13.9 Å². The lowest BCUT2D eigenvalue weighted by Crippen LogP contribution is -2.36. The van der Waals surface area contributed by atoms with E-state index in [1.54, 1.807) is 7.05 Å². The van der Waals surface area contributed by atoms with Crippen LogP contribution in [-0.4, -0.2) is 26.9 Å². The fourth-order valence-electron chi connectivity index (χ4n) is 3.81. The van der Waals surface area contributed by atoms with Gasteiger partial charge in [0.2, 0.25) is 0 Å². The molecule has 1 aliphatic rings. The van der Waals surface area contributed by atoms with Crippen LogP contribution in [0.15, 0.2) is 64.3 Å². The molecule has 2 aromatic carbocycles. The molecule has 4 aromatic rings. The molecule has 0 amide bonds. The maximum absolute atomic E-state index is 13.1. The Kier molecular flexibility index (Phi) is 3.84. The lowest BCUT2D eigenvalue weighted by Gasteiger charge is -2.19. The van der Waals surface area contributed by atoms with E-state index in [1.165, 1.54) is 11.6 Å². The average molecular weight is 389 g/mol. The maximum atomic E-state index is 13.1. The molecule has 29 heavy (non-hydrogen) atoms. The number of ether oxygens (including phenoxy) is 2. The third-order valence-electron chi connectivity index (χ3n) is 5.29. The molecule has 0 bridgehead atoms. The fourth-order valence-corrected chi connectivity index (χ4v) is 3.81. The summed E-state index contributed by atoms with van der Waals surface area (Å²) >= 11 is 0. The topological polar surface area (TPSA) is 67.4 Å². The van der Waals surface area contributed by atoms with Crippen molar-refractivity contribution in [1.82, 2.24) is 13.7 Å². The van der Waals surface area contributed by atoms with Crippen LogP contribution in [0.25, 0.3) is 27.8 Å². The number of hydrogen-bond acceptors (Lipinski definition) is 4. The van der Waals surface area contributed by atoms with E-state index < -0.39 is 0 Å². The van der Waals surface area contributed by atoms with Gasteiger partial charge in [-0.2, -0.15) is 0 Å². The highest BCUT2D eigenvalue weighted by Crippen LogP contribution is 2.36. The molecule has 0 atom stereocenters. The third kappa shape index (κ3) is 2.58. The number of aromatic nitrogens is 3. The van der Waals surface area contributed by atoms with Crippen LogP contribution in [0.5, 0.6) is 11.5 Å². The Morgan fingerprint density at radius 2 is 1.59 bits per heavy atom. The van der Waals surface area contributed by atoms with Gasteiger partial charge in [-0.15, -0.1) is 0 Å². The molecular formula is C22H19N3O4. The Bertz CT molecular complexity index is 1360. The molecule has 0 radical (unpaired) electrons. The van der Waals surface area contributed by atoms with Gasteiger partial charge in [0.25, 0.3) is 5.56 Å². The van der Waals surface area contributed by atoms with Gasteiger partial charge in [0.15, 0.2) is 11.5 Å². The zero-order chi connectivity index (χ0) is 20.1. The molecule has 1 aliphatic heterocycles. The van der Waals surface area contributed by atoms with E-state index in [0.29, 0.717) is 35.6 Å². The van der Waals surface area contributed by atoms with Crippen molar-refractivity contribution in [2.45, 2.75) is 0 Å². The first-order valence-corrected chi connectivity index (χ1v) is 9.33. The second kappa shape index (κ2) is 6.41. The summed E-state index contributed by atoms with van der Waals surface area (Å²) < 4.78 is 15.9. The zero-order valence-electron chi connectivity index (χ0n) is 16.1. The minimum Gasteiger partial charge on any atom is -0.486 e. The molecular weight excluding hydrogens is 370 g/mol. The first kappa shape index (κ1) is 17.4. The lowest BCUT2D eigenvalue weighted by molar-refractivity contribution is 0.171. The summed E-state index contributed by atoms with van der Waals surface area (Å²) in [4.78, 5) is 25.5. The summed E-state index contributed by atoms with van der Waals surface area (Å²) in [5, 5.41) is 0.496. The standard InChI is InChI=1S/C22H19N3O4/c1-23-16-13-25(15-8-9-17-18(12-15)29-11-10-28-17)20(14-6-4-3-5-7-14)19(16)21(26)24(2)22(23)27/h3-9,12-13H,10-11H2,1-2H3. The van der Waals surface area contributed by atoms with Gasteiger partial charge >= 0.3 is 5.69 Å². The summed E-state index contributed by atoms with van der Waals surface area (Å²) in [6, 6.07) is 15.4. The average Bonchev–Trinajstić information content (AvgIpc) is 3.17. The van der Waals surface area contributed by atoms with Gasteiger partial charge in [-0.05, 0) is 17.7 Å². The van der Waals surface area contributed by atoms with Crippen LogP contribution in [0.4, 0.5) is 0 Å². The Morgan fingerprint density at radius 3 is 2.34 bits per heavy atom. The maximum Gasteiger partial charge on any atom is 0.330 e. The molecule has 2 aromatic heterocycles. The Hall–Kier alpha value is -3.74. The summed E-state index contributed by atoms with van der Waals surface area (Å²) in [6.45, 7) is 1.01. The van der Waals surface area contributed by atoms with E-state index >= 15 is 0 Å². The van der Waals surface area contributed by atoms with Crippen molar-refractivity contribution in [3.63, 3.8) is 0 Å². The van der Waals surface area contributed by atoms with Gasteiger partial charge in [0.05, 0.1) is 16.6 Å². The number of fused-ring (bicyclic) bond motifs is 2. The van der Waals surface area contributed by atoms with Crippen molar-refractivity contribution in [3.8, 4) is 28.4 Å². The molecule has 5 rings (SSSR count). The molecule has 0 saturated heterocycles.